The average Bonchev–Trinajstić information content (AvgIpc) is 2.22. The van der Waals surface area contributed by atoms with Crippen LogP contribution in [0.4, 0.5) is 0 Å². The van der Waals surface area contributed by atoms with Crippen LogP contribution in [0.25, 0.3) is 0 Å². The second kappa shape index (κ2) is 6.09. The maximum atomic E-state index is 12.1. The molecule has 0 amide bonds. The van der Waals surface area contributed by atoms with Crippen LogP contribution in [-0.4, -0.2) is 50.1 Å². The Hall–Kier alpha value is -0.980. The van der Waals surface area contributed by atoms with E-state index >= 15 is 0 Å². The Balaban J connectivity index is 5.15. The summed E-state index contributed by atoms with van der Waals surface area (Å²) in [4.78, 5) is 24.0. The SMILES string of the molecule is CNCC(NC)(C(=O)CN)C(=O)OC(C)(C)C. The quantitative estimate of drug-likeness (QED) is 0.412. The highest BCUT2D eigenvalue weighted by Crippen LogP contribution is 2.15. The number of ketones is 1. The molecule has 0 rings (SSSR count). The van der Waals surface area contributed by atoms with E-state index < -0.39 is 22.9 Å². The third-order valence-corrected chi connectivity index (χ3v) is 2.28. The summed E-state index contributed by atoms with van der Waals surface area (Å²) >= 11 is 0. The molecule has 6 nitrogen and oxygen atoms in total. The van der Waals surface area contributed by atoms with Gasteiger partial charge in [0.05, 0.1) is 6.54 Å². The Morgan fingerprint density at radius 2 is 1.76 bits per heavy atom. The van der Waals surface area contributed by atoms with Crippen LogP contribution in [0.3, 0.4) is 0 Å². The molecule has 0 aliphatic rings. The van der Waals surface area contributed by atoms with Gasteiger partial charge in [-0.15, -0.1) is 0 Å². The van der Waals surface area contributed by atoms with E-state index in [2.05, 4.69) is 10.6 Å². The number of rotatable bonds is 6. The average molecular weight is 245 g/mol. The van der Waals surface area contributed by atoms with E-state index in [1.165, 1.54) is 7.05 Å². The zero-order valence-electron chi connectivity index (χ0n) is 11.2. The van der Waals surface area contributed by atoms with Crippen LogP contribution in [0.5, 0.6) is 0 Å². The number of hydrogen-bond acceptors (Lipinski definition) is 6. The minimum atomic E-state index is -1.42. The van der Waals surface area contributed by atoms with Gasteiger partial charge < -0.3 is 15.8 Å². The molecule has 1 atom stereocenters. The van der Waals surface area contributed by atoms with Crippen LogP contribution in [0, 0.1) is 0 Å². The van der Waals surface area contributed by atoms with E-state index in [9.17, 15) is 9.59 Å². The van der Waals surface area contributed by atoms with Crippen LogP contribution < -0.4 is 16.4 Å². The predicted molar refractivity (Wildman–Crippen MR) is 65.6 cm³/mol. The molecule has 0 saturated heterocycles. The van der Waals surface area contributed by atoms with Gasteiger partial charge in [0.2, 0.25) is 0 Å². The topological polar surface area (TPSA) is 93.5 Å². The summed E-state index contributed by atoms with van der Waals surface area (Å²) in [5.41, 5.74) is 3.27. The molecule has 0 aromatic carbocycles. The molecule has 0 aliphatic heterocycles. The Kier molecular flexibility index (Phi) is 5.74. The summed E-state index contributed by atoms with van der Waals surface area (Å²) < 4.78 is 5.25. The molecular formula is C11H23N3O3. The van der Waals surface area contributed by atoms with Gasteiger partial charge in [0.25, 0.3) is 0 Å². The summed E-state index contributed by atoms with van der Waals surface area (Å²) in [7, 11) is 3.19. The molecule has 0 bridgehead atoms. The first-order valence-corrected chi connectivity index (χ1v) is 5.54. The van der Waals surface area contributed by atoms with Crippen LogP contribution in [0.15, 0.2) is 0 Å². The predicted octanol–water partition coefficient (Wildman–Crippen LogP) is -0.966. The normalized spacial score (nSPS) is 15.2. The number of carbonyl (C=O) groups is 2. The van der Waals surface area contributed by atoms with Gasteiger partial charge in [-0.05, 0) is 34.9 Å². The lowest BCUT2D eigenvalue weighted by atomic mass is 9.93. The molecule has 17 heavy (non-hydrogen) atoms. The molecule has 6 heteroatoms. The zero-order valence-corrected chi connectivity index (χ0v) is 11.2. The highest BCUT2D eigenvalue weighted by molar-refractivity contribution is 6.09. The Morgan fingerprint density at radius 1 is 1.24 bits per heavy atom. The number of hydrogen-bond donors (Lipinski definition) is 3. The fourth-order valence-corrected chi connectivity index (χ4v) is 1.42. The lowest BCUT2D eigenvalue weighted by Gasteiger charge is -2.32. The summed E-state index contributed by atoms with van der Waals surface area (Å²) in [6.07, 6.45) is 0. The summed E-state index contributed by atoms with van der Waals surface area (Å²) in [5, 5.41) is 5.52. The highest BCUT2D eigenvalue weighted by atomic mass is 16.6. The number of Topliss-reactive ketones (excluding diaryl/α,β-unsaturated/α-hetero) is 1. The van der Waals surface area contributed by atoms with Crippen molar-refractivity contribution in [3.8, 4) is 0 Å². The first-order chi connectivity index (χ1) is 7.73. The van der Waals surface area contributed by atoms with Crippen LogP contribution in [0.1, 0.15) is 20.8 Å². The monoisotopic (exact) mass is 245 g/mol. The number of nitrogens with two attached hydrogens (primary N) is 1. The third kappa shape index (κ3) is 4.07. The molecule has 0 aliphatic carbocycles. The molecule has 0 saturated carbocycles. The molecule has 0 aromatic heterocycles. The van der Waals surface area contributed by atoms with E-state index in [1.807, 2.05) is 0 Å². The molecular weight excluding hydrogens is 222 g/mol. The highest BCUT2D eigenvalue weighted by Gasteiger charge is 2.45. The van der Waals surface area contributed by atoms with Gasteiger partial charge in [-0.3, -0.25) is 10.1 Å². The van der Waals surface area contributed by atoms with Crippen LogP contribution in [0.2, 0.25) is 0 Å². The smallest absolute Gasteiger partial charge is 0.336 e. The van der Waals surface area contributed by atoms with Crippen LogP contribution >= 0.6 is 0 Å². The van der Waals surface area contributed by atoms with E-state index in [-0.39, 0.29) is 13.1 Å². The first-order valence-electron chi connectivity index (χ1n) is 5.54. The van der Waals surface area contributed by atoms with Crippen molar-refractivity contribution in [3.63, 3.8) is 0 Å². The fourth-order valence-electron chi connectivity index (χ4n) is 1.42. The molecule has 1 unspecified atom stereocenters. The van der Waals surface area contributed by atoms with Gasteiger partial charge >= 0.3 is 5.97 Å². The van der Waals surface area contributed by atoms with Crippen molar-refractivity contribution in [3.05, 3.63) is 0 Å². The lowest BCUT2D eigenvalue weighted by molar-refractivity contribution is -0.165. The largest absolute Gasteiger partial charge is 0.458 e. The van der Waals surface area contributed by atoms with Gasteiger partial charge in [0.15, 0.2) is 11.3 Å². The maximum absolute atomic E-state index is 12.1. The van der Waals surface area contributed by atoms with Crippen molar-refractivity contribution >= 4 is 11.8 Å². The van der Waals surface area contributed by atoms with Crippen molar-refractivity contribution < 1.29 is 14.3 Å². The first kappa shape index (κ1) is 16.0. The summed E-state index contributed by atoms with van der Waals surface area (Å²) in [6.45, 7) is 5.16. The fraction of sp³-hybridized carbons (Fsp3) is 0.818. The minimum Gasteiger partial charge on any atom is -0.458 e. The van der Waals surface area contributed by atoms with Crippen molar-refractivity contribution in [1.82, 2.24) is 10.6 Å². The van der Waals surface area contributed by atoms with Gasteiger partial charge in [-0.25, -0.2) is 4.79 Å². The molecule has 0 heterocycles. The Labute approximate surface area is 102 Å². The van der Waals surface area contributed by atoms with Crippen molar-refractivity contribution in [2.75, 3.05) is 27.2 Å². The lowest BCUT2D eigenvalue weighted by Crippen LogP contribution is -2.65. The minimum absolute atomic E-state index is 0.133. The van der Waals surface area contributed by atoms with Crippen molar-refractivity contribution in [2.45, 2.75) is 31.9 Å². The number of nitrogens with one attached hydrogen (secondary N) is 2. The molecule has 0 spiro atoms. The summed E-state index contributed by atoms with van der Waals surface area (Å²) in [6, 6.07) is 0. The van der Waals surface area contributed by atoms with E-state index in [4.69, 9.17) is 10.5 Å². The van der Waals surface area contributed by atoms with Gasteiger partial charge in [-0.1, -0.05) is 0 Å². The van der Waals surface area contributed by atoms with Gasteiger partial charge in [0.1, 0.15) is 5.60 Å². The van der Waals surface area contributed by atoms with Crippen molar-refractivity contribution in [2.24, 2.45) is 5.73 Å². The van der Waals surface area contributed by atoms with E-state index in [0.29, 0.717) is 0 Å². The molecule has 0 fully saturated rings. The molecule has 0 radical (unpaired) electrons. The number of carbonyl (C=O) groups excluding carboxylic acids is 2. The molecule has 100 valence electrons. The standard InChI is InChI=1S/C11H23N3O3/c1-10(2,3)17-9(16)11(14-5,7-13-4)8(15)6-12/h13-14H,6-7,12H2,1-5H3. The van der Waals surface area contributed by atoms with Gasteiger partial charge in [-0.2, -0.15) is 0 Å². The number of esters is 1. The van der Waals surface area contributed by atoms with Gasteiger partial charge in [0, 0.05) is 6.54 Å². The second-order valence-corrected chi connectivity index (χ2v) is 4.81. The molecule has 4 N–H and O–H groups in total. The second-order valence-electron chi connectivity index (χ2n) is 4.81. The third-order valence-electron chi connectivity index (χ3n) is 2.28. The van der Waals surface area contributed by atoms with E-state index in [0.717, 1.165) is 0 Å². The Bertz CT molecular complexity index is 286. The number of ether oxygens (including phenoxy) is 1. The van der Waals surface area contributed by atoms with E-state index in [1.54, 1.807) is 27.8 Å². The number of likely N-dealkylation sites (N-methyl/N-ethyl adjacent to an activating group) is 2. The summed E-state index contributed by atoms with van der Waals surface area (Å²) in [5.74, 6) is -1.01. The van der Waals surface area contributed by atoms with Crippen molar-refractivity contribution in [1.29, 1.82) is 0 Å². The Morgan fingerprint density at radius 3 is 2.06 bits per heavy atom. The van der Waals surface area contributed by atoms with Crippen LogP contribution in [-0.2, 0) is 14.3 Å². The molecule has 0 aromatic rings. The maximum Gasteiger partial charge on any atom is 0.336 e. The zero-order chi connectivity index (χ0) is 13.7.